The van der Waals surface area contributed by atoms with E-state index >= 15 is 0 Å². The number of hydrogen-bond donors (Lipinski definition) is 1. The molecule has 18 heavy (non-hydrogen) atoms. The van der Waals surface area contributed by atoms with Crippen LogP contribution in [0.3, 0.4) is 0 Å². The minimum absolute atomic E-state index is 0.226. The summed E-state index contributed by atoms with van der Waals surface area (Å²) in [6.07, 6.45) is 1.33. The molecule has 0 bridgehead atoms. The van der Waals surface area contributed by atoms with Crippen molar-refractivity contribution in [1.82, 2.24) is 10.2 Å². The number of carbonyl (C=O) groups excluding carboxylic acids is 1. The van der Waals surface area contributed by atoms with Gasteiger partial charge in [-0.15, -0.1) is 0 Å². The lowest BCUT2D eigenvalue weighted by molar-refractivity contribution is 0.0527. The van der Waals surface area contributed by atoms with Gasteiger partial charge in [0.15, 0.2) is 0 Å². The van der Waals surface area contributed by atoms with Crippen LogP contribution in [0.4, 0.5) is 4.39 Å². The third-order valence-electron chi connectivity index (χ3n) is 2.33. The monoisotopic (exact) mass is 268 g/mol. The first-order valence-electron chi connectivity index (χ1n) is 5.29. The molecule has 1 N–H and O–H groups in total. The minimum Gasteiger partial charge on any atom is -0.462 e. The zero-order chi connectivity index (χ0) is 13.1. The lowest BCUT2D eigenvalue weighted by Gasteiger charge is -2.05. The first-order chi connectivity index (χ1) is 8.63. The van der Waals surface area contributed by atoms with Crippen LogP contribution < -0.4 is 0 Å². The van der Waals surface area contributed by atoms with Gasteiger partial charge < -0.3 is 4.74 Å². The van der Waals surface area contributed by atoms with Gasteiger partial charge in [0.25, 0.3) is 0 Å². The summed E-state index contributed by atoms with van der Waals surface area (Å²) in [6.45, 7) is 1.95. The van der Waals surface area contributed by atoms with Crippen molar-refractivity contribution in [3.63, 3.8) is 0 Å². The quantitative estimate of drug-likeness (QED) is 0.871. The van der Waals surface area contributed by atoms with Crippen LogP contribution >= 0.6 is 11.6 Å². The van der Waals surface area contributed by atoms with E-state index in [-0.39, 0.29) is 12.2 Å². The van der Waals surface area contributed by atoms with Crippen molar-refractivity contribution >= 4 is 17.6 Å². The summed E-state index contributed by atoms with van der Waals surface area (Å²) in [7, 11) is 0. The maximum Gasteiger partial charge on any atom is 0.341 e. The molecule has 0 aliphatic rings. The molecule has 0 fully saturated rings. The summed E-state index contributed by atoms with van der Waals surface area (Å²) in [4.78, 5) is 11.7. The van der Waals surface area contributed by atoms with Crippen molar-refractivity contribution in [1.29, 1.82) is 0 Å². The van der Waals surface area contributed by atoms with Gasteiger partial charge in [-0.05, 0) is 25.1 Å². The molecule has 0 aliphatic carbocycles. The molecule has 0 saturated heterocycles. The van der Waals surface area contributed by atoms with Crippen molar-refractivity contribution in [3.8, 4) is 11.3 Å². The molecule has 6 heteroatoms. The third kappa shape index (κ3) is 2.36. The molecule has 0 atom stereocenters. The zero-order valence-electron chi connectivity index (χ0n) is 9.54. The summed E-state index contributed by atoms with van der Waals surface area (Å²) in [5, 5.41) is 6.72. The fourth-order valence-corrected chi connectivity index (χ4v) is 1.76. The highest BCUT2D eigenvalue weighted by Gasteiger charge is 2.18. The zero-order valence-corrected chi connectivity index (χ0v) is 10.3. The molecular formula is C12H10ClFN2O2. The number of H-pyrrole nitrogens is 1. The molecule has 0 saturated carbocycles. The Morgan fingerprint density at radius 2 is 2.33 bits per heavy atom. The Morgan fingerprint density at radius 1 is 1.56 bits per heavy atom. The lowest BCUT2D eigenvalue weighted by Crippen LogP contribution is -2.05. The molecule has 2 aromatic rings. The molecule has 1 aromatic carbocycles. The predicted octanol–water partition coefficient (Wildman–Crippen LogP) is 3.05. The second kappa shape index (κ2) is 5.18. The minimum atomic E-state index is -0.526. The molecule has 0 amide bonds. The molecule has 1 heterocycles. The van der Waals surface area contributed by atoms with Crippen LogP contribution in [0, 0.1) is 5.82 Å². The van der Waals surface area contributed by atoms with E-state index in [1.807, 2.05) is 0 Å². The summed E-state index contributed by atoms with van der Waals surface area (Å²) >= 11 is 5.97. The largest absolute Gasteiger partial charge is 0.462 e. The number of aromatic nitrogens is 2. The van der Waals surface area contributed by atoms with Crippen LogP contribution in [0.25, 0.3) is 11.3 Å². The molecule has 0 aliphatic heterocycles. The average Bonchev–Trinajstić information content (AvgIpc) is 2.81. The smallest absolute Gasteiger partial charge is 0.341 e. The van der Waals surface area contributed by atoms with Crippen molar-refractivity contribution in [2.24, 2.45) is 0 Å². The Bertz CT molecular complexity index is 583. The highest BCUT2D eigenvalue weighted by atomic mass is 35.5. The van der Waals surface area contributed by atoms with Gasteiger partial charge in [-0.25, -0.2) is 9.18 Å². The number of ether oxygens (including phenoxy) is 1. The molecule has 94 valence electrons. The van der Waals surface area contributed by atoms with Gasteiger partial charge in [0, 0.05) is 5.56 Å². The summed E-state index contributed by atoms with van der Waals surface area (Å²) in [5.74, 6) is -0.972. The van der Waals surface area contributed by atoms with Gasteiger partial charge >= 0.3 is 5.97 Å². The van der Waals surface area contributed by atoms with E-state index in [1.165, 1.54) is 24.4 Å². The first kappa shape index (κ1) is 12.6. The molecule has 0 spiro atoms. The van der Waals surface area contributed by atoms with E-state index in [0.717, 1.165) is 0 Å². The molecule has 0 unspecified atom stereocenters. The number of hydrogen-bond acceptors (Lipinski definition) is 3. The Kier molecular flexibility index (Phi) is 3.62. The maximum atomic E-state index is 13.2. The lowest BCUT2D eigenvalue weighted by atomic mass is 10.1. The summed E-state index contributed by atoms with van der Waals surface area (Å²) < 4.78 is 18.1. The third-order valence-corrected chi connectivity index (χ3v) is 2.66. The Morgan fingerprint density at radius 3 is 3.06 bits per heavy atom. The molecule has 4 nitrogen and oxygen atoms in total. The summed E-state index contributed by atoms with van der Waals surface area (Å²) in [6, 6.07) is 3.90. The highest BCUT2D eigenvalue weighted by molar-refractivity contribution is 6.33. The van der Waals surface area contributed by atoms with Crippen LogP contribution in [-0.4, -0.2) is 22.8 Å². The van der Waals surface area contributed by atoms with Crippen molar-refractivity contribution in [2.45, 2.75) is 6.92 Å². The van der Waals surface area contributed by atoms with E-state index in [1.54, 1.807) is 6.92 Å². The van der Waals surface area contributed by atoms with Crippen molar-refractivity contribution in [3.05, 3.63) is 40.8 Å². The first-order valence-corrected chi connectivity index (χ1v) is 5.67. The van der Waals surface area contributed by atoms with E-state index in [4.69, 9.17) is 16.3 Å². The Hall–Kier alpha value is -1.88. The fourth-order valence-electron chi connectivity index (χ4n) is 1.54. The van der Waals surface area contributed by atoms with Gasteiger partial charge in [0.05, 0.1) is 23.5 Å². The van der Waals surface area contributed by atoms with Crippen molar-refractivity contribution in [2.75, 3.05) is 6.61 Å². The van der Waals surface area contributed by atoms with E-state index in [0.29, 0.717) is 16.3 Å². The Labute approximate surface area is 108 Å². The van der Waals surface area contributed by atoms with Gasteiger partial charge in [-0.3, -0.25) is 5.10 Å². The standard InChI is InChI=1S/C12H10ClFN2O2/c1-2-18-12(17)9-6-15-16-11(9)8-5-7(14)3-4-10(8)13/h3-6H,2H2,1H3,(H,15,16). The predicted molar refractivity (Wildman–Crippen MR) is 64.9 cm³/mol. The number of benzene rings is 1. The number of aromatic amines is 1. The second-order valence-corrected chi connectivity index (χ2v) is 3.91. The molecular weight excluding hydrogens is 259 g/mol. The normalized spacial score (nSPS) is 10.4. The molecule has 2 rings (SSSR count). The highest BCUT2D eigenvalue weighted by Crippen LogP contribution is 2.29. The van der Waals surface area contributed by atoms with Crippen LogP contribution in [0.2, 0.25) is 5.02 Å². The average molecular weight is 269 g/mol. The maximum absolute atomic E-state index is 13.2. The number of esters is 1. The number of carbonyl (C=O) groups is 1. The van der Waals surface area contributed by atoms with Gasteiger partial charge in [0.2, 0.25) is 0 Å². The van der Waals surface area contributed by atoms with Gasteiger partial charge in [0.1, 0.15) is 11.4 Å². The molecule has 1 aromatic heterocycles. The van der Waals surface area contributed by atoms with E-state index < -0.39 is 11.8 Å². The van der Waals surface area contributed by atoms with Gasteiger partial charge in [-0.2, -0.15) is 5.10 Å². The second-order valence-electron chi connectivity index (χ2n) is 3.50. The van der Waals surface area contributed by atoms with Crippen molar-refractivity contribution < 1.29 is 13.9 Å². The van der Waals surface area contributed by atoms with Crippen LogP contribution in [0.5, 0.6) is 0 Å². The SMILES string of the molecule is CCOC(=O)c1cn[nH]c1-c1cc(F)ccc1Cl. The number of nitrogens with one attached hydrogen (secondary N) is 1. The topological polar surface area (TPSA) is 55.0 Å². The summed E-state index contributed by atoms with van der Waals surface area (Å²) in [5.41, 5.74) is 0.944. The van der Waals surface area contributed by atoms with Crippen LogP contribution in [0.1, 0.15) is 17.3 Å². The fraction of sp³-hybridized carbons (Fsp3) is 0.167. The van der Waals surface area contributed by atoms with E-state index in [9.17, 15) is 9.18 Å². The molecule has 0 radical (unpaired) electrons. The number of rotatable bonds is 3. The van der Waals surface area contributed by atoms with Gasteiger partial charge in [-0.1, -0.05) is 11.6 Å². The number of nitrogens with zero attached hydrogens (tertiary/aromatic N) is 1. The van der Waals surface area contributed by atoms with Crippen LogP contribution in [0.15, 0.2) is 24.4 Å². The Balaban J connectivity index is 2.48. The number of halogens is 2. The van der Waals surface area contributed by atoms with Crippen LogP contribution in [-0.2, 0) is 4.74 Å². The van der Waals surface area contributed by atoms with E-state index in [2.05, 4.69) is 10.2 Å².